The van der Waals surface area contributed by atoms with Crippen LogP contribution < -0.4 is 10.6 Å². The zero-order valence-electron chi connectivity index (χ0n) is 13.3. The molecule has 0 radical (unpaired) electrons. The normalized spacial score (nSPS) is 13.9. The predicted molar refractivity (Wildman–Crippen MR) is 103 cm³/mol. The molecule has 1 aliphatic heterocycles. The molecule has 0 bridgehead atoms. The van der Waals surface area contributed by atoms with Crippen LogP contribution >= 0.6 is 36.3 Å². The zero-order chi connectivity index (χ0) is 15.5. The molecule has 2 heterocycles. The van der Waals surface area contributed by atoms with E-state index in [1.54, 1.807) is 12.1 Å². The fraction of sp³-hybridized carbons (Fsp3) is 0.400. The van der Waals surface area contributed by atoms with Gasteiger partial charge in [-0.15, -0.1) is 24.8 Å². The maximum atomic E-state index is 12.5. The molecular weight excluding hydrogens is 369 g/mol. The van der Waals surface area contributed by atoms with Gasteiger partial charge in [0.25, 0.3) is 5.91 Å². The van der Waals surface area contributed by atoms with E-state index in [2.05, 4.69) is 14.3 Å². The summed E-state index contributed by atoms with van der Waals surface area (Å²) in [5.74, 6) is 0.889. The lowest BCUT2D eigenvalue weighted by molar-refractivity contribution is 0.0748. The molecule has 132 valence electrons. The molecule has 1 aromatic heterocycles. The lowest BCUT2D eigenvalue weighted by atomic mass is 10.1. The molecule has 1 fully saturated rings. The van der Waals surface area contributed by atoms with Gasteiger partial charge in [-0.05, 0) is 12.1 Å². The predicted octanol–water partition coefficient (Wildman–Crippen LogP) is 2.49. The van der Waals surface area contributed by atoms with Gasteiger partial charge in [-0.3, -0.25) is 4.79 Å². The molecule has 1 saturated heterocycles. The van der Waals surface area contributed by atoms with E-state index in [0.29, 0.717) is 24.3 Å². The van der Waals surface area contributed by atoms with Crippen LogP contribution in [0.3, 0.4) is 0 Å². The Morgan fingerprint density at radius 2 is 1.88 bits per heavy atom. The fourth-order valence-electron chi connectivity index (χ4n) is 2.48. The summed E-state index contributed by atoms with van der Waals surface area (Å²) in [7, 11) is 0. The number of hydrogen-bond donors (Lipinski definition) is 1. The summed E-state index contributed by atoms with van der Waals surface area (Å²) in [6, 6.07) is 7.22. The lowest BCUT2D eigenvalue weighted by Gasteiger charge is -2.34. The van der Waals surface area contributed by atoms with E-state index in [-0.39, 0.29) is 30.7 Å². The third-order valence-electron chi connectivity index (χ3n) is 3.80. The van der Waals surface area contributed by atoms with Crippen molar-refractivity contribution < 1.29 is 4.79 Å². The number of rotatable bonds is 3. The number of benzene rings is 1. The van der Waals surface area contributed by atoms with Crippen LogP contribution in [-0.4, -0.2) is 46.3 Å². The monoisotopic (exact) mass is 389 g/mol. The SMILES string of the molecule is CCc1nsc(N2CCN(C(=O)c3ccccc3N)CC2)n1.Cl.Cl. The molecule has 3 rings (SSSR count). The largest absolute Gasteiger partial charge is 0.398 e. The first-order valence-electron chi connectivity index (χ1n) is 7.40. The van der Waals surface area contributed by atoms with E-state index in [4.69, 9.17) is 5.73 Å². The second-order valence-electron chi connectivity index (χ2n) is 5.21. The molecular formula is C15H21Cl2N5OS. The highest BCUT2D eigenvalue weighted by molar-refractivity contribution is 7.09. The summed E-state index contributed by atoms with van der Waals surface area (Å²) < 4.78 is 4.32. The number of para-hydroxylation sites is 1. The Hall–Kier alpha value is -1.57. The number of piperazine rings is 1. The number of carbonyl (C=O) groups is 1. The number of carbonyl (C=O) groups excluding carboxylic acids is 1. The number of nitrogens with two attached hydrogens (primary N) is 1. The maximum absolute atomic E-state index is 12.5. The van der Waals surface area contributed by atoms with Gasteiger partial charge in [-0.1, -0.05) is 19.1 Å². The van der Waals surface area contributed by atoms with Crippen LogP contribution in [0, 0.1) is 0 Å². The summed E-state index contributed by atoms with van der Waals surface area (Å²) in [4.78, 5) is 21.1. The Morgan fingerprint density at radius 1 is 1.21 bits per heavy atom. The Labute approximate surface area is 158 Å². The van der Waals surface area contributed by atoms with Crippen molar-refractivity contribution in [3.05, 3.63) is 35.7 Å². The van der Waals surface area contributed by atoms with Gasteiger partial charge < -0.3 is 15.5 Å². The second-order valence-corrected chi connectivity index (χ2v) is 5.94. The van der Waals surface area contributed by atoms with Crippen LogP contribution in [0.2, 0.25) is 0 Å². The minimum Gasteiger partial charge on any atom is -0.398 e. The number of hydrogen-bond acceptors (Lipinski definition) is 6. The Morgan fingerprint density at radius 3 is 2.46 bits per heavy atom. The van der Waals surface area contributed by atoms with E-state index < -0.39 is 0 Å². The number of aromatic nitrogens is 2. The summed E-state index contributed by atoms with van der Waals surface area (Å²) in [6.45, 7) is 4.95. The summed E-state index contributed by atoms with van der Waals surface area (Å²) >= 11 is 1.43. The topological polar surface area (TPSA) is 75.4 Å². The van der Waals surface area contributed by atoms with Crippen LogP contribution in [0.1, 0.15) is 23.1 Å². The van der Waals surface area contributed by atoms with Gasteiger partial charge in [-0.2, -0.15) is 4.37 Å². The summed E-state index contributed by atoms with van der Waals surface area (Å²) in [6.07, 6.45) is 0.849. The smallest absolute Gasteiger partial charge is 0.256 e. The average Bonchev–Trinajstić information content (AvgIpc) is 3.04. The molecule has 0 aliphatic carbocycles. The molecule has 0 atom stereocenters. The van der Waals surface area contributed by atoms with E-state index in [9.17, 15) is 4.79 Å². The molecule has 1 aromatic carbocycles. The van der Waals surface area contributed by atoms with Crippen LogP contribution in [0.15, 0.2) is 24.3 Å². The Bertz CT molecular complexity index is 673. The van der Waals surface area contributed by atoms with E-state index >= 15 is 0 Å². The fourth-order valence-corrected chi connectivity index (χ4v) is 3.28. The van der Waals surface area contributed by atoms with E-state index in [1.807, 2.05) is 24.0 Å². The van der Waals surface area contributed by atoms with Crippen LogP contribution in [0.4, 0.5) is 10.8 Å². The van der Waals surface area contributed by atoms with Gasteiger partial charge in [0, 0.05) is 49.8 Å². The molecule has 1 amide bonds. The van der Waals surface area contributed by atoms with E-state index in [1.165, 1.54) is 11.5 Å². The van der Waals surface area contributed by atoms with Gasteiger partial charge in [0.1, 0.15) is 5.82 Å². The van der Waals surface area contributed by atoms with Gasteiger partial charge >= 0.3 is 0 Å². The first kappa shape index (κ1) is 20.5. The molecule has 0 saturated carbocycles. The third kappa shape index (κ3) is 4.28. The van der Waals surface area contributed by atoms with E-state index in [0.717, 1.165) is 30.5 Å². The standard InChI is InChI=1S/C15H19N5OS.2ClH/c1-2-13-17-15(22-18-13)20-9-7-19(8-10-20)14(21)11-5-3-4-6-12(11)16;;/h3-6H,2,7-10,16H2,1H3;2*1H. The minimum atomic E-state index is 0. The van der Waals surface area contributed by atoms with Gasteiger partial charge in [0.2, 0.25) is 5.13 Å². The molecule has 6 nitrogen and oxygen atoms in total. The van der Waals surface area contributed by atoms with Crippen molar-refractivity contribution in [3.63, 3.8) is 0 Å². The maximum Gasteiger partial charge on any atom is 0.256 e. The first-order chi connectivity index (χ1) is 10.7. The van der Waals surface area contributed by atoms with Crippen LogP contribution in [0.5, 0.6) is 0 Å². The third-order valence-corrected chi connectivity index (χ3v) is 4.62. The number of halogens is 2. The molecule has 0 spiro atoms. The summed E-state index contributed by atoms with van der Waals surface area (Å²) in [5.41, 5.74) is 7.01. The molecule has 1 aliphatic rings. The number of nitrogen functional groups attached to an aromatic ring is 1. The highest BCUT2D eigenvalue weighted by Crippen LogP contribution is 2.21. The van der Waals surface area contributed by atoms with Gasteiger partial charge in [0.05, 0.1) is 5.56 Å². The number of amides is 1. The van der Waals surface area contributed by atoms with Crippen molar-refractivity contribution in [3.8, 4) is 0 Å². The lowest BCUT2D eigenvalue weighted by Crippen LogP contribution is -2.48. The van der Waals surface area contributed by atoms with Crippen LogP contribution in [0.25, 0.3) is 0 Å². The highest BCUT2D eigenvalue weighted by Gasteiger charge is 2.24. The Balaban J connectivity index is 0.00000144. The average molecular weight is 390 g/mol. The first-order valence-corrected chi connectivity index (χ1v) is 8.17. The molecule has 0 unspecified atom stereocenters. The van der Waals surface area contributed by atoms with Gasteiger partial charge in [-0.25, -0.2) is 4.98 Å². The molecule has 24 heavy (non-hydrogen) atoms. The highest BCUT2D eigenvalue weighted by atomic mass is 35.5. The minimum absolute atomic E-state index is 0. The molecule has 2 aromatic rings. The number of anilines is 2. The van der Waals surface area contributed by atoms with Crippen molar-refractivity contribution in [2.75, 3.05) is 36.8 Å². The second kappa shape index (κ2) is 9.05. The van der Waals surface area contributed by atoms with Crippen molar-refractivity contribution in [2.24, 2.45) is 0 Å². The van der Waals surface area contributed by atoms with Crippen molar-refractivity contribution in [2.45, 2.75) is 13.3 Å². The zero-order valence-corrected chi connectivity index (χ0v) is 15.8. The number of aryl methyl sites for hydroxylation is 1. The molecule has 9 heteroatoms. The van der Waals surface area contributed by atoms with Crippen molar-refractivity contribution in [1.82, 2.24) is 14.3 Å². The quantitative estimate of drug-likeness (QED) is 0.815. The van der Waals surface area contributed by atoms with Crippen LogP contribution in [-0.2, 0) is 6.42 Å². The summed E-state index contributed by atoms with van der Waals surface area (Å²) in [5, 5.41) is 0.947. The van der Waals surface area contributed by atoms with Crippen molar-refractivity contribution in [1.29, 1.82) is 0 Å². The Kier molecular flexibility index (Phi) is 7.72. The number of nitrogens with zero attached hydrogens (tertiary/aromatic N) is 4. The van der Waals surface area contributed by atoms with Gasteiger partial charge in [0.15, 0.2) is 0 Å². The molecule has 2 N–H and O–H groups in total. The van der Waals surface area contributed by atoms with Crippen molar-refractivity contribution >= 4 is 53.1 Å².